The summed E-state index contributed by atoms with van der Waals surface area (Å²) < 4.78 is 6.01. The van der Waals surface area contributed by atoms with Crippen LogP contribution >= 0.6 is 0 Å². The Kier molecular flexibility index (Phi) is 2.21. The van der Waals surface area contributed by atoms with Gasteiger partial charge in [-0.2, -0.15) is 0 Å². The quantitative estimate of drug-likeness (QED) is 0.472. The fourth-order valence-corrected chi connectivity index (χ4v) is 2.63. The van der Waals surface area contributed by atoms with E-state index in [1.165, 1.54) is 0 Å². The lowest BCUT2D eigenvalue weighted by Gasteiger charge is -2.16. The molecule has 96 valence electrons. The van der Waals surface area contributed by atoms with E-state index in [-0.39, 0.29) is 0 Å². The third-order valence-electron chi connectivity index (χ3n) is 3.63. The molecule has 2 nitrogen and oxygen atoms in total. The zero-order valence-corrected chi connectivity index (χ0v) is 11.2. The highest BCUT2D eigenvalue weighted by Gasteiger charge is 2.14. The predicted octanol–water partition coefficient (Wildman–Crippen LogP) is 3.62. The number of ether oxygens (including phenoxy) is 1. The average molecular weight is 259 g/mol. The Balaban J connectivity index is 2.15. The van der Waals surface area contributed by atoms with Gasteiger partial charge in [0.1, 0.15) is 11.0 Å². The number of fused-ring (bicyclic) bond motifs is 4. The molecule has 4 rings (SSSR count). The van der Waals surface area contributed by atoms with Crippen molar-refractivity contribution in [2.75, 3.05) is 0 Å². The highest BCUT2D eigenvalue weighted by molar-refractivity contribution is 5.85. The van der Waals surface area contributed by atoms with Crippen molar-refractivity contribution in [3.05, 3.63) is 64.7 Å². The van der Waals surface area contributed by atoms with E-state index in [2.05, 4.69) is 24.8 Å². The van der Waals surface area contributed by atoms with Crippen molar-refractivity contribution in [3.8, 4) is 11.5 Å². The Morgan fingerprint density at radius 1 is 0.950 bits per heavy atom. The lowest BCUT2D eigenvalue weighted by molar-refractivity contribution is 0.470. The molecule has 0 aliphatic carbocycles. The maximum absolute atomic E-state index is 6.01. The van der Waals surface area contributed by atoms with Gasteiger partial charge in [-0.3, -0.25) is 0 Å². The molecule has 0 radical (unpaired) electrons. The van der Waals surface area contributed by atoms with Crippen LogP contribution in [-0.2, 0) is 0 Å². The summed E-state index contributed by atoms with van der Waals surface area (Å²) in [7, 11) is 0. The Labute approximate surface area is 116 Å². The van der Waals surface area contributed by atoms with Gasteiger partial charge in [0, 0.05) is 5.39 Å². The number of aryl methyl sites for hydroxylation is 1. The van der Waals surface area contributed by atoms with Crippen molar-refractivity contribution in [1.82, 2.24) is 0 Å². The SMILES string of the molecule is C=c1cc2c(c3ccccc13)=Nc1ccc(C)cc1O2. The van der Waals surface area contributed by atoms with Gasteiger partial charge in [0.25, 0.3) is 0 Å². The summed E-state index contributed by atoms with van der Waals surface area (Å²) in [5, 5.41) is 4.06. The fraction of sp³-hybridized carbons (Fsp3) is 0.0556. The zero-order valence-electron chi connectivity index (χ0n) is 11.2. The van der Waals surface area contributed by atoms with Crippen LogP contribution in [0.25, 0.3) is 17.4 Å². The van der Waals surface area contributed by atoms with Gasteiger partial charge in [0.15, 0.2) is 11.5 Å². The van der Waals surface area contributed by atoms with Crippen LogP contribution in [0.2, 0.25) is 0 Å². The third-order valence-corrected chi connectivity index (χ3v) is 3.63. The molecule has 3 aromatic rings. The Morgan fingerprint density at radius 2 is 1.75 bits per heavy atom. The van der Waals surface area contributed by atoms with E-state index in [9.17, 15) is 0 Å². The third kappa shape index (κ3) is 1.55. The van der Waals surface area contributed by atoms with E-state index in [1.807, 2.05) is 37.3 Å². The van der Waals surface area contributed by atoms with Gasteiger partial charge < -0.3 is 4.74 Å². The van der Waals surface area contributed by atoms with Gasteiger partial charge in [-0.05, 0) is 41.3 Å². The molecule has 2 heteroatoms. The fourth-order valence-electron chi connectivity index (χ4n) is 2.63. The molecule has 1 aliphatic rings. The molecule has 0 N–H and O–H groups in total. The van der Waals surface area contributed by atoms with Crippen LogP contribution in [0.1, 0.15) is 5.56 Å². The van der Waals surface area contributed by atoms with Crippen LogP contribution in [-0.4, -0.2) is 0 Å². The van der Waals surface area contributed by atoms with Crippen LogP contribution in [0, 0.1) is 6.92 Å². The van der Waals surface area contributed by atoms with Crippen molar-refractivity contribution in [2.45, 2.75) is 6.92 Å². The molecule has 0 spiro atoms. The van der Waals surface area contributed by atoms with Gasteiger partial charge in [0.2, 0.25) is 0 Å². The van der Waals surface area contributed by atoms with Crippen LogP contribution in [0.3, 0.4) is 0 Å². The summed E-state index contributed by atoms with van der Waals surface area (Å²) in [5.74, 6) is 1.60. The highest BCUT2D eigenvalue weighted by Crippen LogP contribution is 2.34. The summed E-state index contributed by atoms with van der Waals surface area (Å²) in [5.41, 5.74) is 2.04. The van der Waals surface area contributed by atoms with E-state index in [4.69, 9.17) is 9.73 Å². The molecule has 20 heavy (non-hydrogen) atoms. The number of rotatable bonds is 0. The van der Waals surface area contributed by atoms with E-state index in [0.29, 0.717) is 0 Å². The van der Waals surface area contributed by atoms with Crippen LogP contribution < -0.4 is 15.3 Å². The molecule has 0 bridgehead atoms. The first-order valence-electron chi connectivity index (χ1n) is 6.60. The van der Waals surface area contributed by atoms with E-state index >= 15 is 0 Å². The molecule has 0 amide bonds. The lowest BCUT2D eigenvalue weighted by Crippen LogP contribution is -2.16. The second kappa shape index (κ2) is 3.94. The predicted molar refractivity (Wildman–Crippen MR) is 81.2 cm³/mol. The summed E-state index contributed by atoms with van der Waals surface area (Å²) in [6, 6.07) is 16.2. The molecule has 0 aromatic heterocycles. The number of hydrogen-bond donors (Lipinski definition) is 0. The molecule has 1 heterocycles. The first-order valence-corrected chi connectivity index (χ1v) is 6.60. The van der Waals surface area contributed by atoms with Gasteiger partial charge in [-0.15, -0.1) is 0 Å². The zero-order chi connectivity index (χ0) is 13.7. The van der Waals surface area contributed by atoms with Crippen molar-refractivity contribution in [1.29, 1.82) is 0 Å². The van der Waals surface area contributed by atoms with Crippen molar-refractivity contribution >= 4 is 23.0 Å². The molecule has 0 atom stereocenters. The van der Waals surface area contributed by atoms with Crippen LogP contribution in [0.4, 0.5) is 5.69 Å². The van der Waals surface area contributed by atoms with Crippen LogP contribution in [0.5, 0.6) is 11.5 Å². The van der Waals surface area contributed by atoms with Gasteiger partial charge in [-0.25, -0.2) is 4.99 Å². The summed E-state index contributed by atoms with van der Waals surface area (Å²) in [6.45, 7) is 6.16. The summed E-state index contributed by atoms with van der Waals surface area (Å²) in [6.07, 6.45) is 0. The molecule has 0 unspecified atom stereocenters. The number of benzene rings is 3. The van der Waals surface area contributed by atoms with Gasteiger partial charge >= 0.3 is 0 Å². The standard InChI is InChI=1S/C18H13NO/c1-11-7-8-15-16(9-11)20-17-10-12(2)13-5-3-4-6-14(13)18(17)19-15/h3-10H,2H2,1H3. The van der Waals surface area contributed by atoms with E-state index in [0.717, 1.165) is 44.1 Å². The van der Waals surface area contributed by atoms with E-state index < -0.39 is 0 Å². The van der Waals surface area contributed by atoms with Crippen molar-refractivity contribution in [2.24, 2.45) is 4.99 Å². The molecule has 3 aromatic carbocycles. The highest BCUT2D eigenvalue weighted by atomic mass is 16.5. The van der Waals surface area contributed by atoms with Crippen LogP contribution in [0.15, 0.2) is 53.5 Å². The monoisotopic (exact) mass is 259 g/mol. The Morgan fingerprint density at radius 3 is 2.60 bits per heavy atom. The number of nitrogens with zero attached hydrogens (tertiary/aromatic N) is 1. The maximum atomic E-state index is 6.01. The van der Waals surface area contributed by atoms with Crippen molar-refractivity contribution in [3.63, 3.8) is 0 Å². The van der Waals surface area contributed by atoms with Gasteiger partial charge in [0.05, 0.1) is 0 Å². The summed E-state index contributed by atoms with van der Waals surface area (Å²) >= 11 is 0. The van der Waals surface area contributed by atoms with E-state index in [1.54, 1.807) is 0 Å². The average Bonchev–Trinajstić information content (AvgIpc) is 2.46. The minimum Gasteiger partial charge on any atom is -0.453 e. The topological polar surface area (TPSA) is 21.6 Å². The van der Waals surface area contributed by atoms with Gasteiger partial charge in [-0.1, -0.05) is 36.9 Å². The number of hydrogen-bond acceptors (Lipinski definition) is 2. The molecular weight excluding hydrogens is 246 g/mol. The summed E-state index contributed by atoms with van der Waals surface area (Å²) in [4.78, 5) is 4.77. The largest absolute Gasteiger partial charge is 0.453 e. The maximum Gasteiger partial charge on any atom is 0.154 e. The molecule has 0 saturated carbocycles. The normalized spacial score (nSPS) is 12.2. The second-order valence-electron chi connectivity index (χ2n) is 5.11. The Bertz CT molecular complexity index is 957. The molecule has 0 fully saturated rings. The second-order valence-corrected chi connectivity index (χ2v) is 5.11. The smallest absolute Gasteiger partial charge is 0.154 e. The molecule has 1 aliphatic heterocycles. The molecular formula is C18H13NO. The minimum absolute atomic E-state index is 0.784. The van der Waals surface area contributed by atoms with Crippen molar-refractivity contribution < 1.29 is 4.74 Å². The molecule has 0 saturated heterocycles. The Hall–Kier alpha value is -2.61. The first-order chi connectivity index (χ1) is 9.72. The first kappa shape index (κ1) is 11.2. The lowest BCUT2D eigenvalue weighted by atomic mass is 10.1. The minimum atomic E-state index is 0.784.